The number of sulfonamides is 1. The topological polar surface area (TPSA) is 93.2 Å². The first-order valence-electron chi connectivity index (χ1n) is 13.7. The maximum atomic E-state index is 16.1. The molecule has 45 heavy (non-hydrogen) atoms. The summed E-state index contributed by atoms with van der Waals surface area (Å²) in [5.74, 6) is -3.22. The van der Waals surface area contributed by atoms with Crippen molar-refractivity contribution < 1.29 is 31.9 Å². The minimum absolute atomic E-state index is 0.0113. The molecule has 0 bridgehead atoms. The van der Waals surface area contributed by atoms with Crippen LogP contribution in [0.5, 0.6) is 0 Å². The fourth-order valence-corrected chi connectivity index (χ4v) is 8.27. The lowest BCUT2D eigenvalue weighted by atomic mass is 9.85. The number of aryl methyl sites for hydroxylation is 1. The fourth-order valence-electron chi connectivity index (χ4n) is 5.83. The summed E-state index contributed by atoms with van der Waals surface area (Å²) >= 11 is 6.70. The van der Waals surface area contributed by atoms with E-state index in [9.17, 15) is 18.0 Å². The van der Waals surface area contributed by atoms with E-state index in [0.717, 1.165) is 34.1 Å². The van der Waals surface area contributed by atoms with Crippen molar-refractivity contribution in [3.05, 3.63) is 134 Å². The minimum atomic E-state index is -4.72. The number of hydrogen-bond acceptors (Lipinski definition) is 7. The Morgan fingerprint density at radius 1 is 0.844 bits per heavy atom. The first kappa shape index (κ1) is 33.0. The Balaban J connectivity index is 1.95. The molecule has 0 spiro atoms. The summed E-state index contributed by atoms with van der Waals surface area (Å²) in [6.45, 7) is 1.81. The van der Waals surface area contributed by atoms with Crippen LogP contribution >= 0.6 is 31.9 Å². The van der Waals surface area contributed by atoms with Gasteiger partial charge in [0.25, 0.3) is 5.54 Å². The standard InChI is InChI=1S/C33H29Br2FN2O6S/c1-21-9-16-26(17-10-21)45(41,42)38-30(23-11-13-24(34)14-12-23)37(20-22-7-5-4-6-8-22)29(27-18-15-25(35)19-28(27)36)33(38,31(39)43-2)32(40)44-3/h4-19,29-30H,20H2,1-3H3/t29-,30+/m0/s1. The van der Waals surface area contributed by atoms with Crippen LogP contribution in [0.2, 0.25) is 0 Å². The van der Waals surface area contributed by atoms with Crippen molar-refractivity contribution in [1.29, 1.82) is 0 Å². The fraction of sp³-hybridized carbons (Fsp3) is 0.212. The highest BCUT2D eigenvalue weighted by Gasteiger charge is 2.73. The van der Waals surface area contributed by atoms with Gasteiger partial charge in [0.15, 0.2) is 0 Å². The van der Waals surface area contributed by atoms with Gasteiger partial charge >= 0.3 is 11.9 Å². The Hall–Kier alpha value is -3.42. The number of benzene rings is 4. The van der Waals surface area contributed by atoms with E-state index in [2.05, 4.69) is 31.9 Å². The molecule has 0 N–H and O–H groups in total. The van der Waals surface area contributed by atoms with Gasteiger partial charge in [-0.2, -0.15) is 0 Å². The largest absolute Gasteiger partial charge is 0.467 e. The van der Waals surface area contributed by atoms with Crippen LogP contribution in [0.15, 0.2) is 111 Å². The molecule has 12 heteroatoms. The molecule has 8 nitrogen and oxygen atoms in total. The van der Waals surface area contributed by atoms with Gasteiger partial charge in [0.2, 0.25) is 10.0 Å². The average Bonchev–Trinajstić information content (AvgIpc) is 3.33. The number of halogens is 3. The van der Waals surface area contributed by atoms with E-state index in [1.807, 2.05) is 30.3 Å². The molecule has 0 unspecified atom stereocenters. The van der Waals surface area contributed by atoms with Crippen molar-refractivity contribution in [3.63, 3.8) is 0 Å². The zero-order chi connectivity index (χ0) is 32.5. The Morgan fingerprint density at radius 2 is 1.42 bits per heavy atom. The number of ether oxygens (including phenoxy) is 2. The number of rotatable bonds is 8. The molecular weight excluding hydrogens is 731 g/mol. The molecule has 1 fully saturated rings. The molecule has 234 valence electrons. The van der Waals surface area contributed by atoms with Gasteiger partial charge in [-0.05, 0) is 54.4 Å². The number of nitrogens with zero attached hydrogens (tertiary/aromatic N) is 2. The van der Waals surface area contributed by atoms with Crippen molar-refractivity contribution >= 4 is 53.8 Å². The molecule has 0 aromatic heterocycles. The number of carbonyl (C=O) groups is 2. The van der Waals surface area contributed by atoms with Crippen molar-refractivity contribution in [2.45, 2.75) is 36.1 Å². The van der Waals surface area contributed by atoms with E-state index in [1.54, 1.807) is 54.3 Å². The predicted molar refractivity (Wildman–Crippen MR) is 173 cm³/mol. The molecule has 1 saturated heterocycles. The second-order valence-corrected chi connectivity index (χ2v) is 14.2. The van der Waals surface area contributed by atoms with Gasteiger partial charge < -0.3 is 9.47 Å². The lowest BCUT2D eigenvalue weighted by Crippen LogP contribution is -2.62. The van der Waals surface area contributed by atoms with Gasteiger partial charge in [0.1, 0.15) is 12.0 Å². The molecule has 4 aromatic rings. The Morgan fingerprint density at radius 3 is 1.98 bits per heavy atom. The van der Waals surface area contributed by atoms with E-state index in [-0.39, 0.29) is 17.0 Å². The highest BCUT2D eigenvalue weighted by molar-refractivity contribution is 9.10. The van der Waals surface area contributed by atoms with Crippen molar-refractivity contribution in [1.82, 2.24) is 9.21 Å². The molecule has 1 heterocycles. The number of esters is 2. The van der Waals surface area contributed by atoms with E-state index in [1.165, 1.54) is 24.3 Å². The van der Waals surface area contributed by atoms with Gasteiger partial charge in [0, 0.05) is 21.1 Å². The van der Waals surface area contributed by atoms with Crippen molar-refractivity contribution in [2.75, 3.05) is 14.2 Å². The van der Waals surface area contributed by atoms with E-state index < -0.39 is 45.5 Å². The first-order chi connectivity index (χ1) is 21.5. The maximum Gasteiger partial charge on any atom is 0.341 e. The Labute approximate surface area is 278 Å². The van der Waals surface area contributed by atoms with Gasteiger partial charge in [-0.3, -0.25) is 4.90 Å². The van der Waals surface area contributed by atoms with Crippen LogP contribution in [-0.2, 0) is 35.6 Å². The van der Waals surface area contributed by atoms with Crippen molar-refractivity contribution in [2.24, 2.45) is 0 Å². The SMILES string of the molecule is COC(=O)C1(C(=O)OC)[C@H](c2ccc(Br)cc2F)N(Cc2ccccc2)[C@@H](c2ccc(Br)cc2)N1S(=O)(=O)c1ccc(C)cc1. The molecule has 4 aromatic carbocycles. The summed E-state index contributed by atoms with van der Waals surface area (Å²) in [6, 6.07) is 24.6. The Kier molecular flexibility index (Phi) is 9.62. The van der Waals surface area contributed by atoms with Gasteiger partial charge in [-0.25, -0.2) is 22.4 Å². The van der Waals surface area contributed by atoms with Crippen LogP contribution in [0.1, 0.15) is 34.5 Å². The molecule has 0 amide bonds. The summed E-state index contributed by atoms with van der Waals surface area (Å²) in [4.78, 5) is 30.0. The van der Waals surface area contributed by atoms with Crippen molar-refractivity contribution in [3.8, 4) is 0 Å². The summed E-state index contributed by atoms with van der Waals surface area (Å²) in [7, 11) is -2.62. The molecule has 1 aliphatic rings. The molecule has 5 rings (SSSR count). The van der Waals surface area contributed by atoms with Crippen LogP contribution in [-0.4, -0.2) is 49.3 Å². The van der Waals surface area contributed by atoms with E-state index in [0.29, 0.717) is 10.0 Å². The quantitative estimate of drug-likeness (QED) is 0.146. The number of methoxy groups -OCH3 is 2. The first-order valence-corrected chi connectivity index (χ1v) is 16.8. The zero-order valence-corrected chi connectivity index (χ0v) is 28.5. The monoisotopic (exact) mass is 758 g/mol. The minimum Gasteiger partial charge on any atom is -0.467 e. The van der Waals surface area contributed by atoms with Crippen LogP contribution < -0.4 is 0 Å². The number of hydrogen-bond donors (Lipinski definition) is 0. The van der Waals surface area contributed by atoms with Gasteiger partial charge in [0.05, 0.1) is 25.2 Å². The van der Waals surface area contributed by atoms with Gasteiger partial charge in [-0.15, -0.1) is 4.31 Å². The van der Waals surface area contributed by atoms with Gasteiger partial charge in [-0.1, -0.05) is 98.1 Å². The third-order valence-corrected chi connectivity index (χ3v) is 10.7. The highest BCUT2D eigenvalue weighted by Crippen LogP contribution is 2.56. The van der Waals surface area contributed by atoms with Crippen LogP contribution in [0.4, 0.5) is 4.39 Å². The van der Waals surface area contributed by atoms with Crippen LogP contribution in [0.25, 0.3) is 0 Å². The normalized spacial score (nSPS) is 18.4. The zero-order valence-electron chi connectivity index (χ0n) is 24.5. The molecule has 2 atom stereocenters. The smallest absolute Gasteiger partial charge is 0.341 e. The maximum absolute atomic E-state index is 16.1. The lowest BCUT2D eigenvalue weighted by Gasteiger charge is -2.36. The third kappa shape index (κ3) is 5.85. The molecule has 0 radical (unpaired) electrons. The Bertz CT molecular complexity index is 1810. The van der Waals surface area contributed by atoms with Crippen LogP contribution in [0.3, 0.4) is 0 Å². The summed E-state index contributed by atoms with van der Waals surface area (Å²) < 4.78 is 58.5. The number of carbonyl (C=O) groups excluding carboxylic acids is 2. The molecule has 1 aliphatic heterocycles. The van der Waals surface area contributed by atoms with Crippen LogP contribution in [0, 0.1) is 12.7 Å². The second-order valence-electron chi connectivity index (χ2n) is 10.5. The lowest BCUT2D eigenvalue weighted by molar-refractivity contribution is -0.168. The highest BCUT2D eigenvalue weighted by atomic mass is 79.9. The van der Waals surface area contributed by atoms with E-state index in [4.69, 9.17) is 9.47 Å². The summed E-state index contributed by atoms with van der Waals surface area (Å²) in [5, 5.41) is 0. The molecule has 0 saturated carbocycles. The second kappa shape index (κ2) is 13.1. The third-order valence-electron chi connectivity index (χ3n) is 7.82. The average molecular weight is 760 g/mol. The molecule has 0 aliphatic carbocycles. The summed E-state index contributed by atoms with van der Waals surface area (Å²) in [5.41, 5.74) is -0.891. The predicted octanol–water partition coefficient (Wildman–Crippen LogP) is 6.69. The molecular formula is C33H29Br2FN2O6S. The summed E-state index contributed by atoms with van der Waals surface area (Å²) in [6.07, 6.45) is -1.31. The van der Waals surface area contributed by atoms with E-state index >= 15 is 4.39 Å².